The van der Waals surface area contributed by atoms with Gasteiger partial charge in [-0.3, -0.25) is 0 Å². The minimum Gasteiger partial charge on any atom is -0.370 e. The van der Waals surface area contributed by atoms with Crippen molar-refractivity contribution in [3.05, 3.63) is 18.2 Å². The first kappa shape index (κ1) is 10.3. The number of anilines is 2. The van der Waals surface area contributed by atoms with Gasteiger partial charge in [-0.05, 0) is 30.9 Å². The first-order chi connectivity index (χ1) is 7.12. The topological polar surface area (TPSA) is 37.0 Å². The molecule has 2 N–H and O–H groups in total. The summed E-state index contributed by atoms with van der Waals surface area (Å²) < 4.78 is 0. The molecule has 3 heteroatoms. The van der Waals surface area contributed by atoms with E-state index in [1.165, 1.54) is 6.42 Å². The van der Waals surface area contributed by atoms with Crippen molar-refractivity contribution in [2.75, 3.05) is 17.2 Å². The SMILES string of the molecule is CCNc1cccc(NC2CC2(C)C)n1. The quantitative estimate of drug-likeness (QED) is 0.793. The molecule has 1 fully saturated rings. The maximum absolute atomic E-state index is 4.49. The van der Waals surface area contributed by atoms with Crippen LogP contribution in [-0.4, -0.2) is 17.6 Å². The van der Waals surface area contributed by atoms with Crippen molar-refractivity contribution in [2.45, 2.75) is 33.2 Å². The van der Waals surface area contributed by atoms with Crippen molar-refractivity contribution < 1.29 is 0 Å². The molecule has 1 atom stereocenters. The Balaban J connectivity index is 2.00. The lowest BCUT2D eigenvalue weighted by Crippen LogP contribution is -2.10. The smallest absolute Gasteiger partial charge is 0.128 e. The van der Waals surface area contributed by atoms with Gasteiger partial charge in [0, 0.05) is 12.6 Å². The Morgan fingerprint density at radius 2 is 2.07 bits per heavy atom. The number of rotatable bonds is 4. The summed E-state index contributed by atoms with van der Waals surface area (Å²) in [5.74, 6) is 1.92. The van der Waals surface area contributed by atoms with Crippen LogP contribution in [0.25, 0.3) is 0 Å². The Bertz CT molecular complexity index is 346. The molecule has 0 saturated heterocycles. The Hall–Kier alpha value is -1.25. The summed E-state index contributed by atoms with van der Waals surface area (Å²) in [6.45, 7) is 7.54. The molecule has 0 spiro atoms. The van der Waals surface area contributed by atoms with Gasteiger partial charge in [-0.25, -0.2) is 4.98 Å². The third-order valence-electron chi connectivity index (χ3n) is 2.94. The van der Waals surface area contributed by atoms with Gasteiger partial charge in [0.1, 0.15) is 11.6 Å². The van der Waals surface area contributed by atoms with Gasteiger partial charge in [0.15, 0.2) is 0 Å². The second-order valence-corrected chi connectivity index (χ2v) is 4.83. The van der Waals surface area contributed by atoms with E-state index in [2.05, 4.69) is 36.4 Å². The fraction of sp³-hybridized carbons (Fsp3) is 0.583. The van der Waals surface area contributed by atoms with Crippen molar-refractivity contribution in [2.24, 2.45) is 5.41 Å². The second-order valence-electron chi connectivity index (χ2n) is 4.83. The van der Waals surface area contributed by atoms with Crippen LogP contribution < -0.4 is 10.6 Å². The molecule has 82 valence electrons. The summed E-state index contributed by atoms with van der Waals surface area (Å²) in [5.41, 5.74) is 0.440. The largest absolute Gasteiger partial charge is 0.370 e. The van der Waals surface area contributed by atoms with Gasteiger partial charge in [-0.2, -0.15) is 0 Å². The Morgan fingerprint density at radius 3 is 2.67 bits per heavy atom. The van der Waals surface area contributed by atoms with Gasteiger partial charge in [0.05, 0.1) is 0 Å². The number of aromatic nitrogens is 1. The summed E-state index contributed by atoms with van der Waals surface area (Å²) in [6.07, 6.45) is 1.24. The number of pyridine rings is 1. The van der Waals surface area contributed by atoms with Crippen molar-refractivity contribution in [3.63, 3.8) is 0 Å². The van der Waals surface area contributed by atoms with Crippen molar-refractivity contribution in [1.82, 2.24) is 4.98 Å². The fourth-order valence-corrected chi connectivity index (χ4v) is 1.69. The molecule has 2 rings (SSSR count). The van der Waals surface area contributed by atoms with Crippen LogP contribution in [0.5, 0.6) is 0 Å². The maximum Gasteiger partial charge on any atom is 0.128 e. The summed E-state index contributed by atoms with van der Waals surface area (Å²) in [7, 11) is 0. The predicted octanol–water partition coefficient (Wildman–Crippen LogP) is 2.72. The van der Waals surface area contributed by atoms with E-state index >= 15 is 0 Å². The lowest BCUT2D eigenvalue weighted by Gasteiger charge is -2.09. The molecule has 1 aliphatic rings. The van der Waals surface area contributed by atoms with Crippen molar-refractivity contribution in [1.29, 1.82) is 0 Å². The lowest BCUT2D eigenvalue weighted by atomic mass is 10.2. The van der Waals surface area contributed by atoms with E-state index in [4.69, 9.17) is 0 Å². The highest BCUT2D eigenvalue weighted by atomic mass is 15.1. The van der Waals surface area contributed by atoms with Crippen LogP contribution in [0.4, 0.5) is 11.6 Å². The molecule has 3 nitrogen and oxygen atoms in total. The van der Waals surface area contributed by atoms with E-state index in [9.17, 15) is 0 Å². The van der Waals surface area contributed by atoms with Crippen molar-refractivity contribution in [3.8, 4) is 0 Å². The molecule has 0 bridgehead atoms. The van der Waals surface area contributed by atoms with Crippen LogP contribution in [0.3, 0.4) is 0 Å². The van der Waals surface area contributed by atoms with Crippen LogP contribution in [-0.2, 0) is 0 Å². The highest BCUT2D eigenvalue weighted by Crippen LogP contribution is 2.46. The number of nitrogens with one attached hydrogen (secondary N) is 2. The molecule has 15 heavy (non-hydrogen) atoms. The van der Waals surface area contributed by atoms with Crippen LogP contribution in [0.2, 0.25) is 0 Å². The molecule has 0 aromatic carbocycles. The van der Waals surface area contributed by atoms with Gasteiger partial charge in [0.25, 0.3) is 0 Å². The molecule has 0 radical (unpaired) electrons. The molecular weight excluding hydrogens is 186 g/mol. The fourth-order valence-electron chi connectivity index (χ4n) is 1.69. The molecule has 1 aromatic rings. The molecule has 0 amide bonds. The van der Waals surface area contributed by atoms with E-state index in [1.807, 2.05) is 18.2 Å². The van der Waals surface area contributed by atoms with E-state index in [0.717, 1.165) is 18.2 Å². The Morgan fingerprint density at radius 1 is 1.40 bits per heavy atom. The maximum atomic E-state index is 4.49. The molecule has 0 aliphatic heterocycles. The number of nitrogens with zero attached hydrogens (tertiary/aromatic N) is 1. The van der Waals surface area contributed by atoms with Gasteiger partial charge >= 0.3 is 0 Å². The number of hydrogen-bond acceptors (Lipinski definition) is 3. The first-order valence-corrected chi connectivity index (χ1v) is 5.59. The highest BCUT2D eigenvalue weighted by molar-refractivity contribution is 5.46. The molecule has 1 aliphatic carbocycles. The van der Waals surface area contributed by atoms with Gasteiger partial charge in [-0.1, -0.05) is 19.9 Å². The molecule has 1 heterocycles. The third-order valence-corrected chi connectivity index (χ3v) is 2.94. The number of hydrogen-bond donors (Lipinski definition) is 2. The standard InChI is InChI=1S/C12H19N3/c1-4-13-10-6-5-7-11(15-10)14-9-8-12(9,2)3/h5-7,9H,4,8H2,1-3H3,(H2,13,14,15). The van der Waals surface area contributed by atoms with E-state index in [0.29, 0.717) is 11.5 Å². The van der Waals surface area contributed by atoms with E-state index in [1.54, 1.807) is 0 Å². The second kappa shape index (κ2) is 3.72. The van der Waals surface area contributed by atoms with Crippen molar-refractivity contribution >= 4 is 11.6 Å². The van der Waals surface area contributed by atoms with E-state index in [-0.39, 0.29) is 0 Å². The average Bonchev–Trinajstić information content (AvgIpc) is 2.74. The lowest BCUT2D eigenvalue weighted by molar-refractivity contribution is 0.630. The van der Waals surface area contributed by atoms with Crippen LogP contribution in [0, 0.1) is 5.41 Å². The third kappa shape index (κ3) is 2.41. The summed E-state index contributed by atoms with van der Waals surface area (Å²) in [5, 5.41) is 6.66. The summed E-state index contributed by atoms with van der Waals surface area (Å²) in [4.78, 5) is 4.49. The normalized spacial score (nSPS) is 22.2. The molecule has 1 unspecified atom stereocenters. The summed E-state index contributed by atoms with van der Waals surface area (Å²) in [6, 6.07) is 6.63. The van der Waals surface area contributed by atoms with Crippen LogP contribution in [0.15, 0.2) is 18.2 Å². The van der Waals surface area contributed by atoms with Gasteiger partial charge in [-0.15, -0.1) is 0 Å². The minimum absolute atomic E-state index is 0.440. The zero-order valence-electron chi connectivity index (χ0n) is 9.67. The highest BCUT2D eigenvalue weighted by Gasteiger charge is 2.45. The molecule has 1 saturated carbocycles. The Kier molecular flexibility index (Phi) is 2.55. The Labute approximate surface area is 91.3 Å². The van der Waals surface area contributed by atoms with Gasteiger partial charge in [0.2, 0.25) is 0 Å². The summed E-state index contributed by atoms with van der Waals surface area (Å²) >= 11 is 0. The molecular formula is C12H19N3. The first-order valence-electron chi connectivity index (χ1n) is 5.59. The monoisotopic (exact) mass is 205 g/mol. The zero-order valence-corrected chi connectivity index (χ0v) is 9.67. The van der Waals surface area contributed by atoms with Gasteiger partial charge < -0.3 is 10.6 Å². The molecule has 1 aromatic heterocycles. The minimum atomic E-state index is 0.440. The van der Waals surface area contributed by atoms with E-state index < -0.39 is 0 Å². The predicted molar refractivity (Wildman–Crippen MR) is 64.2 cm³/mol. The average molecular weight is 205 g/mol. The zero-order chi connectivity index (χ0) is 10.9. The van der Waals surface area contributed by atoms with Crippen LogP contribution >= 0.6 is 0 Å². The van der Waals surface area contributed by atoms with Crippen LogP contribution in [0.1, 0.15) is 27.2 Å².